The zero-order valence-electron chi connectivity index (χ0n) is 13.1. The second-order valence-corrected chi connectivity index (χ2v) is 7.89. The maximum absolute atomic E-state index is 11.9. The minimum atomic E-state index is -3.07. The van der Waals surface area contributed by atoms with Gasteiger partial charge in [-0.2, -0.15) is 0 Å². The van der Waals surface area contributed by atoms with Crippen LogP contribution < -0.4 is 4.74 Å². The molecule has 24 heavy (non-hydrogen) atoms. The van der Waals surface area contributed by atoms with Crippen LogP contribution in [0.4, 0.5) is 0 Å². The Labute approximate surface area is 141 Å². The summed E-state index contributed by atoms with van der Waals surface area (Å²) in [4.78, 5) is 11.9. The van der Waals surface area contributed by atoms with E-state index in [9.17, 15) is 13.2 Å². The van der Waals surface area contributed by atoms with Crippen LogP contribution in [0.3, 0.4) is 0 Å². The first kappa shape index (κ1) is 16.5. The van der Waals surface area contributed by atoms with E-state index in [1.807, 2.05) is 48.5 Å². The van der Waals surface area contributed by atoms with E-state index in [0.29, 0.717) is 12.2 Å². The van der Waals surface area contributed by atoms with Crippen molar-refractivity contribution in [2.24, 2.45) is 0 Å². The molecule has 1 aliphatic rings. The van der Waals surface area contributed by atoms with Gasteiger partial charge in [-0.1, -0.05) is 48.5 Å². The molecule has 2 aromatic carbocycles. The molecule has 0 N–H and O–H groups in total. The molecule has 0 bridgehead atoms. The first-order valence-corrected chi connectivity index (χ1v) is 9.53. The molecule has 1 atom stereocenters. The second-order valence-electron chi connectivity index (χ2n) is 5.67. The summed E-state index contributed by atoms with van der Waals surface area (Å²) in [5.41, 5.74) is 1.87. The van der Waals surface area contributed by atoms with Crippen molar-refractivity contribution in [3.63, 3.8) is 0 Å². The van der Waals surface area contributed by atoms with Gasteiger partial charge in [-0.05, 0) is 18.1 Å². The molecule has 3 rings (SSSR count). The third-order valence-electron chi connectivity index (χ3n) is 3.81. The smallest absolute Gasteiger partial charge is 0.344 e. The number of rotatable bonds is 5. The largest absolute Gasteiger partial charge is 0.481 e. The number of esters is 1. The molecular formula is C18H18O5S. The van der Waals surface area contributed by atoms with E-state index < -0.39 is 21.9 Å². The van der Waals surface area contributed by atoms with Gasteiger partial charge in [0.2, 0.25) is 0 Å². The monoisotopic (exact) mass is 346 g/mol. The third-order valence-corrected chi connectivity index (χ3v) is 5.54. The number of carbonyl (C=O) groups is 1. The highest BCUT2D eigenvalue weighted by molar-refractivity contribution is 7.91. The summed E-state index contributed by atoms with van der Waals surface area (Å²) in [5.74, 6) is 0.00165. The van der Waals surface area contributed by atoms with E-state index in [4.69, 9.17) is 9.47 Å². The van der Waals surface area contributed by atoms with Gasteiger partial charge in [0.05, 0.1) is 11.5 Å². The van der Waals surface area contributed by atoms with Gasteiger partial charge in [-0.3, -0.25) is 0 Å². The molecule has 0 aliphatic carbocycles. The lowest BCUT2D eigenvalue weighted by atomic mass is 10.1. The molecule has 5 nitrogen and oxygen atoms in total. The van der Waals surface area contributed by atoms with Gasteiger partial charge in [0.1, 0.15) is 11.9 Å². The summed E-state index contributed by atoms with van der Waals surface area (Å²) < 4.78 is 33.5. The van der Waals surface area contributed by atoms with Crippen LogP contribution >= 0.6 is 0 Å². The average Bonchev–Trinajstić information content (AvgIpc) is 2.92. The number of sulfone groups is 1. The van der Waals surface area contributed by atoms with Crippen LogP contribution in [0.25, 0.3) is 11.1 Å². The van der Waals surface area contributed by atoms with Crippen LogP contribution in [0.5, 0.6) is 5.75 Å². The van der Waals surface area contributed by atoms with Crippen LogP contribution in [0.2, 0.25) is 0 Å². The van der Waals surface area contributed by atoms with Crippen molar-refractivity contribution in [2.45, 2.75) is 12.5 Å². The highest BCUT2D eigenvalue weighted by Gasteiger charge is 2.30. The molecule has 1 aliphatic heterocycles. The van der Waals surface area contributed by atoms with Gasteiger partial charge in [-0.25, -0.2) is 13.2 Å². The fraction of sp³-hybridized carbons (Fsp3) is 0.278. The van der Waals surface area contributed by atoms with E-state index in [0.717, 1.165) is 11.1 Å². The summed E-state index contributed by atoms with van der Waals surface area (Å²) in [6, 6.07) is 17.2. The number of hydrogen-bond donors (Lipinski definition) is 0. The van der Waals surface area contributed by atoms with Crippen molar-refractivity contribution in [2.75, 3.05) is 18.1 Å². The normalized spacial score (nSPS) is 18.9. The van der Waals surface area contributed by atoms with Crippen molar-refractivity contribution in [1.29, 1.82) is 0 Å². The van der Waals surface area contributed by atoms with E-state index in [1.54, 1.807) is 6.07 Å². The van der Waals surface area contributed by atoms with Gasteiger partial charge in [0.15, 0.2) is 16.4 Å². The fourth-order valence-electron chi connectivity index (χ4n) is 2.66. The van der Waals surface area contributed by atoms with Crippen molar-refractivity contribution < 1.29 is 22.7 Å². The molecule has 2 aromatic rings. The number of hydrogen-bond acceptors (Lipinski definition) is 5. The molecule has 0 unspecified atom stereocenters. The molecule has 0 saturated carbocycles. The molecule has 1 heterocycles. The minimum Gasteiger partial charge on any atom is -0.481 e. The molecule has 1 saturated heterocycles. The predicted octanol–water partition coefficient (Wildman–Crippen LogP) is 2.46. The van der Waals surface area contributed by atoms with Gasteiger partial charge >= 0.3 is 5.97 Å². The van der Waals surface area contributed by atoms with Gasteiger partial charge in [-0.15, -0.1) is 0 Å². The maximum Gasteiger partial charge on any atom is 0.344 e. The summed E-state index contributed by atoms with van der Waals surface area (Å²) in [6.07, 6.45) is -0.204. The predicted molar refractivity (Wildman–Crippen MR) is 90.5 cm³/mol. The summed E-state index contributed by atoms with van der Waals surface area (Å²) in [7, 11) is -3.07. The van der Waals surface area contributed by atoms with Crippen molar-refractivity contribution >= 4 is 15.8 Å². The number of carbonyl (C=O) groups excluding carboxylic acids is 1. The molecule has 0 radical (unpaired) electrons. The molecule has 0 spiro atoms. The Morgan fingerprint density at radius 1 is 1.04 bits per heavy atom. The van der Waals surface area contributed by atoms with Crippen LogP contribution in [-0.4, -0.2) is 38.6 Å². The minimum absolute atomic E-state index is 0.0721. The van der Waals surface area contributed by atoms with E-state index in [-0.39, 0.29) is 18.1 Å². The van der Waals surface area contributed by atoms with Crippen molar-refractivity contribution in [1.82, 2.24) is 0 Å². The maximum atomic E-state index is 11.9. The average molecular weight is 346 g/mol. The number of para-hydroxylation sites is 1. The lowest BCUT2D eigenvalue weighted by Crippen LogP contribution is -2.23. The summed E-state index contributed by atoms with van der Waals surface area (Å²) in [5, 5.41) is 0. The Bertz CT molecular complexity index is 814. The summed E-state index contributed by atoms with van der Waals surface area (Å²) in [6.45, 7) is -0.250. The SMILES string of the molecule is O=C(COc1ccccc1-c1ccccc1)O[C@H]1CCS(=O)(=O)C1. The van der Waals surface area contributed by atoms with Gasteiger partial charge in [0.25, 0.3) is 0 Å². The van der Waals surface area contributed by atoms with Crippen LogP contribution in [0.15, 0.2) is 54.6 Å². The van der Waals surface area contributed by atoms with E-state index >= 15 is 0 Å². The third kappa shape index (κ3) is 4.14. The summed E-state index contributed by atoms with van der Waals surface area (Å²) >= 11 is 0. The van der Waals surface area contributed by atoms with Gasteiger partial charge in [0, 0.05) is 5.56 Å². The molecule has 1 fully saturated rings. The fourth-order valence-corrected chi connectivity index (χ4v) is 4.25. The Hall–Kier alpha value is -2.34. The quantitative estimate of drug-likeness (QED) is 0.778. The Balaban J connectivity index is 1.62. The van der Waals surface area contributed by atoms with Crippen molar-refractivity contribution in [3.8, 4) is 16.9 Å². The van der Waals surface area contributed by atoms with E-state index in [1.165, 1.54) is 0 Å². The Morgan fingerprint density at radius 2 is 1.75 bits per heavy atom. The van der Waals surface area contributed by atoms with E-state index in [2.05, 4.69) is 0 Å². The molecule has 126 valence electrons. The molecule has 0 aromatic heterocycles. The topological polar surface area (TPSA) is 69.7 Å². The highest BCUT2D eigenvalue weighted by atomic mass is 32.2. The molecular weight excluding hydrogens is 328 g/mol. The zero-order chi connectivity index (χ0) is 17.0. The lowest BCUT2D eigenvalue weighted by Gasteiger charge is -2.13. The number of ether oxygens (including phenoxy) is 2. The standard InChI is InChI=1S/C18H18O5S/c19-18(23-15-10-11-24(20,21)13-15)12-22-17-9-5-4-8-16(17)14-6-2-1-3-7-14/h1-9,15H,10-13H2/t15-/m0/s1. The molecule has 6 heteroatoms. The second kappa shape index (κ2) is 7.05. The van der Waals surface area contributed by atoms with Crippen molar-refractivity contribution in [3.05, 3.63) is 54.6 Å². The first-order chi connectivity index (χ1) is 11.5. The Kier molecular flexibility index (Phi) is 4.85. The first-order valence-electron chi connectivity index (χ1n) is 7.71. The lowest BCUT2D eigenvalue weighted by molar-refractivity contribution is -0.150. The Morgan fingerprint density at radius 3 is 2.46 bits per heavy atom. The molecule has 0 amide bonds. The highest BCUT2D eigenvalue weighted by Crippen LogP contribution is 2.29. The number of benzene rings is 2. The van der Waals surface area contributed by atoms with Crippen LogP contribution in [0.1, 0.15) is 6.42 Å². The van der Waals surface area contributed by atoms with Crippen LogP contribution in [0, 0.1) is 0 Å². The zero-order valence-corrected chi connectivity index (χ0v) is 13.9. The van der Waals surface area contributed by atoms with Gasteiger partial charge < -0.3 is 9.47 Å². The van der Waals surface area contributed by atoms with Crippen LogP contribution in [-0.2, 0) is 19.4 Å².